The number of imidazole rings is 1. The Morgan fingerprint density at radius 2 is 2.32 bits per heavy atom. The van der Waals surface area contributed by atoms with E-state index in [-0.39, 0.29) is 0 Å². The number of fused-ring (bicyclic) bond motifs is 1. The van der Waals surface area contributed by atoms with Crippen molar-refractivity contribution >= 4 is 5.65 Å². The summed E-state index contributed by atoms with van der Waals surface area (Å²) in [5, 5.41) is 4.78. The number of piperidine rings is 1. The van der Waals surface area contributed by atoms with Crippen molar-refractivity contribution in [2.75, 3.05) is 26.7 Å². The summed E-state index contributed by atoms with van der Waals surface area (Å²) in [6.45, 7) is 2.92. The standard InChI is InChI=1S/C14H21N5/c1-18-8-2-3-11(10-18)13-4-5-14-16-9-12(6-7-15)19(14)17-13/h4-5,9,11H,2-3,6-8,10,15H2,1H3. The predicted molar refractivity (Wildman–Crippen MR) is 75.2 cm³/mol. The van der Waals surface area contributed by atoms with Crippen LogP contribution in [0.2, 0.25) is 0 Å². The second-order valence-corrected chi connectivity index (χ2v) is 5.42. The number of rotatable bonds is 3. The van der Waals surface area contributed by atoms with E-state index in [1.54, 1.807) is 0 Å². The van der Waals surface area contributed by atoms with Crippen molar-refractivity contribution in [2.24, 2.45) is 5.73 Å². The molecule has 19 heavy (non-hydrogen) atoms. The Morgan fingerprint density at radius 3 is 3.11 bits per heavy atom. The molecule has 1 aliphatic heterocycles. The summed E-state index contributed by atoms with van der Waals surface area (Å²) in [5.41, 5.74) is 8.82. The molecule has 102 valence electrons. The molecule has 1 saturated heterocycles. The SMILES string of the molecule is CN1CCCC(c2ccc3ncc(CCN)n3n2)C1. The van der Waals surface area contributed by atoms with Crippen LogP contribution in [0, 0.1) is 0 Å². The Balaban J connectivity index is 1.93. The number of likely N-dealkylation sites (tertiary alicyclic amines) is 1. The molecule has 0 radical (unpaired) electrons. The molecule has 1 aliphatic rings. The van der Waals surface area contributed by atoms with Crippen LogP contribution >= 0.6 is 0 Å². The molecule has 1 fully saturated rings. The van der Waals surface area contributed by atoms with Gasteiger partial charge in [0, 0.05) is 18.9 Å². The second kappa shape index (κ2) is 5.27. The molecule has 0 bridgehead atoms. The van der Waals surface area contributed by atoms with Crippen molar-refractivity contribution in [3.8, 4) is 0 Å². The summed E-state index contributed by atoms with van der Waals surface area (Å²) in [7, 11) is 2.18. The van der Waals surface area contributed by atoms with Crippen molar-refractivity contribution in [2.45, 2.75) is 25.2 Å². The molecule has 0 spiro atoms. The van der Waals surface area contributed by atoms with E-state index in [1.165, 1.54) is 25.1 Å². The molecule has 0 aromatic carbocycles. The molecule has 5 nitrogen and oxygen atoms in total. The third-order valence-electron chi connectivity index (χ3n) is 3.90. The zero-order valence-corrected chi connectivity index (χ0v) is 11.4. The Kier molecular flexibility index (Phi) is 3.48. The van der Waals surface area contributed by atoms with Crippen molar-refractivity contribution in [1.82, 2.24) is 19.5 Å². The molecule has 2 N–H and O–H groups in total. The first kappa shape index (κ1) is 12.6. The predicted octanol–water partition coefficient (Wildman–Crippen LogP) is 1.04. The van der Waals surface area contributed by atoms with Gasteiger partial charge in [-0.2, -0.15) is 5.10 Å². The molecule has 2 aromatic heterocycles. The number of aromatic nitrogens is 3. The number of hydrogen-bond donors (Lipinski definition) is 1. The Hall–Kier alpha value is -1.46. The first-order valence-corrected chi connectivity index (χ1v) is 7.00. The van der Waals surface area contributed by atoms with Crippen molar-refractivity contribution < 1.29 is 0 Å². The van der Waals surface area contributed by atoms with Crippen molar-refractivity contribution in [3.63, 3.8) is 0 Å². The fourth-order valence-electron chi connectivity index (χ4n) is 2.88. The van der Waals surface area contributed by atoms with Gasteiger partial charge in [-0.05, 0) is 45.1 Å². The van der Waals surface area contributed by atoms with Gasteiger partial charge < -0.3 is 10.6 Å². The van der Waals surface area contributed by atoms with Gasteiger partial charge in [0.15, 0.2) is 5.65 Å². The lowest BCUT2D eigenvalue weighted by molar-refractivity contribution is 0.247. The molecule has 1 unspecified atom stereocenters. The smallest absolute Gasteiger partial charge is 0.153 e. The van der Waals surface area contributed by atoms with E-state index in [4.69, 9.17) is 10.8 Å². The van der Waals surface area contributed by atoms with Crippen LogP contribution in [0.3, 0.4) is 0 Å². The molecule has 0 saturated carbocycles. The molecule has 3 rings (SSSR count). The lowest BCUT2D eigenvalue weighted by Gasteiger charge is -2.29. The van der Waals surface area contributed by atoms with E-state index in [1.807, 2.05) is 10.7 Å². The highest BCUT2D eigenvalue weighted by Crippen LogP contribution is 2.24. The van der Waals surface area contributed by atoms with Gasteiger partial charge in [0.25, 0.3) is 0 Å². The van der Waals surface area contributed by atoms with Crippen LogP contribution in [-0.2, 0) is 6.42 Å². The minimum Gasteiger partial charge on any atom is -0.330 e. The first-order valence-electron chi connectivity index (χ1n) is 7.00. The summed E-state index contributed by atoms with van der Waals surface area (Å²) in [6.07, 6.45) is 5.18. The number of nitrogens with zero attached hydrogens (tertiary/aromatic N) is 4. The van der Waals surface area contributed by atoms with Crippen LogP contribution in [0.25, 0.3) is 5.65 Å². The van der Waals surface area contributed by atoms with E-state index in [2.05, 4.69) is 29.1 Å². The van der Waals surface area contributed by atoms with Crippen LogP contribution in [-0.4, -0.2) is 46.2 Å². The fraction of sp³-hybridized carbons (Fsp3) is 0.571. The molecular weight excluding hydrogens is 238 g/mol. The zero-order valence-electron chi connectivity index (χ0n) is 11.4. The molecular formula is C14H21N5. The number of hydrogen-bond acceptors (Lipinski definition) is 4. The summed E-state index contributed by atoms with van der Waals surface area (Å²) < 4.78 is 1.96. The van der Waals surface area contributed by atoms with Crippen molar-refractivity contribution in [3.05, 3.63) is 29.7 Å². The van der Waals surface area contributed by atoms with Gasteiger partial charge in [-0.3, -0.25) is 0 Å². The molecule has 0 amide bonds. The highest BCUT2D eigenvalue weighted by Gasteiger charge is 2.20. The largest absolute Gasteiger partial charge is 0.330 e. The highest BCUT2D eigenvalue weighted by atomic mass is 15.3. The lowest BCUT2D eigenvalue weighted by Crippen LogP contribution is -2.31. The summed E-state index contributed by atoms with van der Waals surface area (Å²) in [4.78, 5) is 6.76. The summed E-state index contributed by atoms with van der Waals surface area (Å²) in [6, 6.07) is 4.19. The molecule has 1 atom stereocenters. The topological polar surface area (TPSA) is 59.5 Å². The first-order chi connectivity index (χ1) is 9.28. The van der Waals surface area contributed by atoms with Crippen molar-refractivity contribution in [1.29, 1.82) is 0 Å². The quantitative estimate of drug-likeness (QED) is 0.894. The minimum atomic E-state index is 0.538. The Bertz CT molecular complexity index is 562. The van der Waals surface area contributed by atoms with Crippen LogP contribution in [0.15, 0.2) is 18.3 Å². The average molecular weight is 259 g/mol. The van der Waals surface area contributed by atoms with E-state index in [0.29, 0.717) is 12.5 Å². The van der Waals surface area contributed by atoms with Gasteiger partial charge in [-0.15, -0.1) is 0 Å². The van der Waals surface area contributed by atoms with Gasteiger partial charge >= 0.3 is 0 Å². The average Bonchev–Trinajstić information content (AvgIpc) is 2.82. The second-order valence-electron chi connectivity index (χ2n) is 5.42. The molecule has 5 heteroatoms. The van der Waals surface area contributed by atoms with E-state index in [0.717, 1.165) is 24.3 Å². The van der Waals surface area contributed by atoms with Gasteiger partial charge in [-0.25, -0.2) is 9.50 Å². The van der Waals surface area contributed by atoms with Gasteiger partial charge in [0.1, 0.15) is 0 Å². The normalized spacial score (nSPS) is 21.1. The number of nitrogens with two attached hydrogens (primary N) is 1. The summed E-state index contributed by atoms with van der Waals surface area (Å²) >= 11 is 0. The van der Waals surface area contributed by atoms with E-state index >= 15 is 0 Å². The maximum Gasteiger partial charge on any atom is 0.153 e. The maximum absolute atomic E-state index is 5.63. The van der Waals surface area contributed by atoms with Gasteiger partial charge in [0.2, 0.25) is 0 Å². The molecule has 2 aromatic rings. The summed E-state index contributed by atoms with van der Waals surface area (Å²) in [5.74, 6) is 0.538. The third-order valence-corrected chi connectivity index (χ3v) is 3.90. The molecule has 3 heterocycles. The monoisotopic (exact) mass is 259 g/mol. The van der Waals surface area contributed by atoms with E-state index < -0.39 is 0 Å². The highest BCUT2D eigenvalue weighted by molar-refractivity contribution is 5.39. The van der Waals surface area contributed by atoms with Crippen LogP contribution in [0.4, 0.5) is 0 Å². The molecule has 0 aliphatic carbocycles. The van der Waals surface area contributed by atoms with E-state index in [9.17, 15) is 0 Å². The number of likely N-dealkylation sites (N-methyl/N-ethyl adjacent to an activating group) is 1. The minimum absolute atomic E-state index is 0.538. The Morgan fingerprint density at radius 1 is 1.42 bits per heavy atom. The van der Waals surface area contributed by atoms with Crippen LogP contribution < -0.4 is 5.73 Å². The van der Waals surface area contributed by atoms with Gasteiger partial charge in [-0.1, -0.05) is 0 Å². The van der Waals surface area contributed by atoms with Gasteiger partial charge in [0.05, 0.1) is 17.6 Å². The van der Waals surface area contributed by atoms with Crippen LogP contribution in [0.1, 0.15) is 30.1 Å². The Labute approximate surface area is 113 Å². The lowest BCUT2D eigenvalue weighted by atomic mass is 9.95. The zero-order chi connectivity index (χ0) is 13.2. The van der Waals surface area contributed by atoms with Crippen LogP contribution in [0.5, 0.6) is 0 Å². The fourth-order valence-corrected chi connectivity index (χ4v) is 2.88. The third kappa shape index (κ3) is 2.48. The maximum atomic E-state index is 5.63.